The van der Waals surface area contributed by atoms with Crippen LogP contribution in [0.3, 0.4) is 0 Å². The number of rotatable bonds is 8. The first-order chi connectivity index (χ1) is 20.9. The highest BCUT2D eigenvalue weighted by Crippen LogP contribution is 2.54. The third kappa shape index (κ3) is 6.07. The van der Waals surface area contributed by atoms with Gasteiger partial charge in [0.05, 0.1) is 17.9 Å². The van der Waals surface area contributed by atoms with Crippen molar-refractivity contribution in [1.29, 1.82) is 0 Å². The maximum Gasteiger partial charge on any atom is 0.435 e. The Labute approximate surface area is 254 Å². The second-order valence-corrected chi connectivity index (χ2v) is 13.6. The van der Waals surface area contributed by atoms with E-state index in [0.29, 0.717) is 49.7 Å². The smallest absolute Gasteiger partial charge is 0.435 e. The highest BCUT2D eigenvalue weighted by molar-refractivity contribution is 7.92. The number of sulfone groups is 1. The fourth-order valence-corrected chi connectivity index (χ4v) is 8.38. The quantitative estimate of drug-likeness (QED) is 0.207. The molecule has 0 radical (unpaired) electrons. The van der Waals surface area contributed by atoms with Gasteiger partial charge >= 0.3 is 24.0 Å². The monoisotopic (exact) mass is 665 g/mol. The number of methoxy groups -OCH3 is 1. The van der Waals surface area contributed by atoms with E-state index >= 15 is 0 Å². The molecule has 0 aromatic heterocycles. The van der Waals surface area contributed by atoms with E-state index in [1.807, 2.05) is 0 Å². The van der Waals surface area contributed by atoms with E-state index in [9.17, 15) is 53.5 Å². The molecule has 1 aliphatic heterocycles. The average Bonchev–Trinajstić information content (AvgIpc) is 3.47. The van der Waals surface area contributed by atoms with Crippen molar-refractivity contribution in [2.75, 3.05) is 20.2 Å². The summed E-state index contributed by atoms with van der Waals surface area (Å²) in [5, 5.41) is 0. The maximum atomic E-state index is 14.8. The van der Waals surface area contributed by atoms with Crippen LogP contribution in [0.15, 0.2) is 53.4 Å². The van der Waals surface area contributed by atoms with Crippen LogP contribution >= 0.6 is 0 Å². The number of halogens is 7. The number of carbonyl (C=O) groups excluding carboxylic acids is 3. The van der Waals surface area contributed by atoms with Crippen LogP contribution in [-0.2, 0) is 45.8 Å². The zero-order chi connectivity index (χ0) is 33.4. The molecule has 15 heteroatoms. The summed E-state index contributed by atoms with van der Waals surface area (Å²) >= 11 is 0. The van der Waals surface area contributed by atoms with Gasteiger partial charge in [-0.1, -0.05) is 36.4 Å². The van der Waals surface area contributed by atoms with Crippen molar-refractivity contribution in [3.8, 4) is 0 Å². The molecule has 45 heavy (non-hydrogen) atoms. The number of nitrogens with zero attached hydrogens (tertiary/aromatic N) is 1. The Hall–Kier alpha value is -3.49. The highest BCUT2D eigenvalue weighted by Gasteiger charge is 2.73. The first-order valence-electron chi connectivity index (χ1n) is 14.0. The van der Waals surface area contributed by atoms with Gasteiger partial charge in [-0.25, -0.2) is 12.8 Å². The van der Waals surface area contributed by atoms with Crippen LogP contribution in [0.1, 0.15) is 48.8 Å². The van der Waals surface area contributed by atoms with E-state index in [1.54, 1.807) is 0 Å². The van der Waals surface area contributed by atoms with Crippen LogP contribution in [0.25, 0.3) is 0 Å². The van der Waals surface area contributed by atoms with Crippen LogP contribution in [0.4, 0.5) is 30.7 Å². The standard InChI is InChI=1S/C30H30F7NO6S/c1-44-26(41)21-7-5-20(6-8-21)25(40)38-15-14-27(18-38,45(42,43)24-4-2-3-19(17-24)13-16-39)22-9-11-23(12-10-22)28(31,29(32,33)34)30(35,36)37/h2-4,9-12,16-17,20-21H,5-8,13-15,18H2,1H3/t20-,21-,27?. The summed E-state index contributed by atoms with van der Waals surface area (Å²) in [5.74, 6) is -1.74. The van der Waals surface area contributed by atoms with Gasteiger partial charge in [-0.15, -0.1) is 0 Å². The molecule has 7 nitrogen and oxygen atoms in total. The number of amides is 1. The molecule has 1 amide bonds. The van der Waals surface area contributed by atoms with E-state index in [2.05, 4.69) is 0 Å². The Bertz CT molecular complexity index is 1520. The number of alkyl halides is 7. The van der Waals surface area contributed by atoms with Crippen LogP contribution in [-0.4, -0.2) is 64.0 Å². The van der Waals surface area contributed by atoms with Crippen molar-refractivity contribution < 1.29 is 58.3 Å². The molecule has 2 aromatic carbocycles. The molecule has 4 rings (SSSR count). The van der Waals surface area contributed by atoms with Gasteiger partial charge in [-0.05, 0) is 55.4 Å². The average molecular weight is 666 g/mol. The largest absolute Gasteiger partial charge is 0.469 e. The topological polar surface area (TPSA) is 97.8 Å². The normalized spacial score (nSPS) is 23.1. The second-order valence-electron chi connectivity index (χ2n) is 11.3. The lowest BCUT2D eigenvalue weighted by atomic mass is 9.81. The Morgan fingerprint density at radius 1 is 0.933 bits per heavy atom. The fourth-order valence-electron chi connectivity index (χ4n) is 6.23. The Kier molecular flexibility index (Phi) is 9.45. The van der Waals surface area contributed by atoms with Crippen LogP contribution in [0.2, 0.25) is 0 Å². The van der Waals surface area contributed by atoms with Crippen LogP contribution < -0.4 is 0 Å². The SMILES string of the molecule is COC(=O)[C@H]1CC[C@H](C(=O)N2CCC(c3ccc(C(F)(C(F)(F)F)C(F)(F)F)cc3)(S(=O)(=O)c3cccc(CC=O)c3)C2)CC1. The van der Waals surface area contributed by atoms with E-state index in [-0.39, 0.29) is 47.9 Å². The molecule has 2 aromatic rings. The van der Waals surface area contributed by atoms with Crippen molar-refractivity contribution in [1.82, 2.24) is 4.90 Å². The van der Waals surface area contributed by atoms with E-state index < -0.39 is 62.5 Å². The number of esters is 1. The Morgan fingerprint density at radius 3 is 2.04 bits per heavy atom. The van der Waals surface area contributed by atoms with Crippen LogP contribution in [0, 0.1) is 11.8 Å². The van der Waals surface area contributed by atoms with Gasteiger partial charge in [-0.2, -0.15) is 26.3 Å². The minimum absolute atomic E-state index is 0.108. The summed E-state index contributed by atoms with van der Waals surface area (Å²) in [4.78, 5) is 37.5. The molecule has 0 spiro atoms. The van der Waals surface area contributed by atoms with Gasteiger partial charge < -0.3 is 14.4 Å². The molecule has 0 bridgehead atoms. The van der Waals surface area contributed by atoms with Crippen molar-refractivity contribution >= 4 is 28.0 Å². The molecule has 0 N–H and O–H groups in total. The molecule has 2 aliphatic rings. The Balaban J connectivity index is 1.75. The van der Waals surface area contributed by atoms with E-state index in [4.69, 9.17) is 4.74 Å². The number of aldehydes is 1. The molecule has 2 fully saturated rings. The van der Waals surface area contributed by atoms with Crippen molar-refractivity contribution in [2.45, 2.75) is 66.2 Å². The lowest BCUT2D eigenvalue weighted by Gasteiger charge is -2.33. The third-order valence-corrected chi connectivity index (χ3v) is 11.3. The third-order valence-electron chi connectivity index (χ3n) is 8.79. The molecule has 1 saturated heterocycles. The first-order valence-corrected chi connectivity index (χ1v) is 15.5. The molecule has 1 atom stereocenters. The molecule has 1 unspecified atom stereocenters. The van der Waals surface area contributed by atoms with Crippen molar-refractivity contribution in [2.24, 2.45) is 11.8 Å². The summed E-state index contributed by atoms with van der Waals surface area (Å²) in [6.07, 6.45) is -11.2. The molecule has 1 saturated carbocycles. The lowest BCUT2D eigenvalue weighted by Crippen LogP contribution is -2.50. The predicted molar refractivity (Wildman–Crippen MR) is 145 cm³/mol. The molecule has 246 valence electrons. The van der Waals surface area contributed by atoms with Gasteiger partial charge in [0.25, 0.3) is 0 Å². The predicted octanol–water partition coefficient (Wildman–Crippen LogP) is 5.60. The number of carbonyl (C=O) groups is 3. The van der Waals surface area contributed by atoms with Gasteiger partial charge in [0.1, 0.15) is 11.0 Å². The van der Waals surface area contributed by atoms with Gasteiger partial charge in [0.15, 0.2) is 9.84 Å². The first kappa shape index (κ1) is 34.4. The molecule has 1 heterocycles. The summed E-state index contributed by atoms with van der Waals surface area (Å²) < 4.78 is 126. The van der Waals surface area contributed by atoms with Crippen molar-refractivity contribution in [3.05, 3.63) is 65.2 Å². The maximum absolute atomic E-state index is 14.8. The zero-order valence-electron chi connectivity index (χ0n) is 24.0. The lowest BCUT2D eigenvalue weighted by molar-refractivity contribution is -0.348. The summed E-state index contributed by atoms with van der Waals surface area (Å²) in [6.45, 7) is -0.593. The molecular weight excluding hydrogens is 635 g/mol. The number of ether oxygens (including phenoxy) is 1. The fraction of sp³-hybridized carbons (Fsp3) is 0.500. The molecular formula is C30H30F7NO6S. The molecule has 1 aliphatic carbocycles. The van der Waals surface area contributed by atoms with Crippen LogP contribution in [0.5, 0.6) is 0 Å². The van der Waals surface area contributed by atoms with Gasteiger partial charge in [-0.3, -0.25) is 9.59 Å². The number of hydrogen-bond donors (Lipinski definition) is 0. The highest BCUT2D eigenvalue weighted by atomic mass is 32.2. The number of likely N-dealkylation sites (tertiary alicyclic amines) is 1. The minimum Gasteiger partial charge on any atom is -0.469 e. The summed E-state index contributed by atoms with van der Waals surface area (Å²) in [6, 6.07) is 7.29. The minimum atomic E-state index is -6.36. The van der Waals surface area contributed by atoms with E-state index in [1.165, 1.54) is 36.3 Å². The van der Waals surface area contributed by atoms with Gasteiger partial charge in [0.2, 0.25) is 5.91 Å². The second kappa shape index (κ2) is 12.4. The summed E-state index contributed by atoms with van der Waals surface area (Å²) in [5.41, 5.74) is -7.39. The number of benzene rings is 2. The summed E-state index contributed by atoms with van der Waals surface area (Å²) in [7, 11) is -3.27. The van der Waals surface area contributed by atoms with Gasteiger partial charge in [0, 0.05) is 31.0 Å². The van der Waals surface area contributed by atoms with Crippen molar-refractivity contribution in [3.63, 3.8) is 0 Å². The Morgan fingerprint density at radius 2 is 1.51 bits per heavy atom. The zero-order valence-corrected chi connectivity index (χ0v) is 24.8. The number of hydrogen-bond acceptors (Lipinski definition) is 6. The van der Waals surface area contributed by atoms with E-state index in [0.717, 1.165) is 0 Å².